The first-order valence-corrected chi connectivity index (χ1v) is 12.0. The van der Waals surface area contributed by atoms with Crippen LogP contribution in [0.1, 0.15) is 40.4 Å². The van der Waals surface area contributed by atoms with Crippen molar-refractivity contribution in [1.29, 1.82) is 0 Å². The van der Waals surface area contributed by atoms with Crippen LogP contribution in [-0.4, -0.2) is 23.8 Å². The quantitative estimate of drug-likeness (QED) is 0.775. The van der Waals surface area contributed by atoms with E-state index in [0.29, 0.717) is 17.1 Å². The zero-order valence-corrected chi connectivity index (χ0v) is 15.9. The van der Waals surface area contributed by atoms with Gasteiger partial charge in [-0.05, 0) is 29.5 Å². The van der Waals surface area contributed by atoms with Crippen LogP contribution in [0.4, 0.5) is 14.5 Å². The average molecular weight is 363 g/mol. The van der Waals surface area contributed by atoms with Gasteiger partial charge in [-0.1, -0.05) is 37.8 Å². The number of para-hydroxylation sites is 1. The molecular formula is C18H23F2N3OSi. The monoisotopic (exact) mass is 363 g/mol. The highest BCUT2D eigenvalue weighted by molar-refractivity contribution is 6.78. The van der Waals surface area contributed by atoms with Crippen LogP contribution >= 0.6 is 0 Å². The minimum atomic E-state index is -2.78. The van der Waals surface area contributed by atoms with Gasteiger partial charge < -0.3 is 5.32 Å². The molecule has 1 aromatic carbocycles. The molecule has 1 fully saturated rings. The molecule has 0 saturated heterocycles. The number of nitrogens with one attached hydrogen (secondary N) is 1. The molecule has 2 aromatic rings. The molecule has 134 valence electrons. The Morgan fingerprint density at radius 1 is 1.32 bits per heavy atom. The Morgan fingerprint density at radius 2 is 2.00 bits per heavy atom. The Kier molecular flexibility index (Phi) is 4.53. The first kappa shape index (κ1) is 17.8. The van der Waals surface area contributed by atoms with Gasteiger partial charge in [0.15, 0.2) is 0 Å². The summed E-state index contributed by atoms with van der Waals surface area (Å²) in [5, 5.41) is 6.52. The molecule has 3 rings (SSSR count). The minimum Gasteiger partial charge on any atom is -0.322 e. The molecule has 1 N–H and O–H groups in total. The maximum absolute atomic E-state index is 13.1. The highest BCUT2D eigenvalue weighted by Gasteiger charge is 2.47. The fraction of sp³-hybridized carbons (Fsp3) is 0.444. The smallest absolute Gasteiger partial charge is 0.282 e. The van der Waals surface area contributed by atoms with Crippen molar-refractivity contribution < 1.29 is 13.6 Å². The van der Waals surface area contributed by atoms with Crippen LogP contribution in [-0.2, 0) is 7.05 Å². The molecule has 1 aliphatic carbocycles. The summed E-state index contributed by atoms with van der Waals surface area (Å²) in [6, 6.07) is 7.67. The third-order valence-corrected chi connectivity index (χ3v) is 7.68. The van der Waals surface area contributed by atoms with E-state index in [1.54, 1.807) is 0 Å². The van der Waals surface area contributed by atoms with Gasteiger partial charge in [0.25, 0.3) is 12.3 Å². The van der Waals surface area contributed by atoms with Gasteiger partial charge in [0.1, 0.15) is 5.69 Å². The second-order valence-electron chi connectivity index (χ2n) is 7.76. The van der Waals surface area contributed by atoms with Gasteiger partial charge >= 0.3 is 0 Å². The summed E-state index contributed by atoms with van der Waals surface area (Å²) >= 11 is 0. The number of aryl methyl sites for hydroxylation is 1. The van der Waals surface area contributed by atoms with Crippen LogP contribution < -0.4 is 5.32 Å². The SMILES string of the molecule is Cn1cc(C(=O)Nc2ccccc2[C@@H]2C[C@H]2[Si](C)(C)C)c(C(F)F)n1. The van der Waals surface area contributed by atoms with E-state index in [1.807, 2.05) is 24.3 Å². The first-order valence-electron chi connectivity index (χ1n) is 8.40. The number of carbonyl (C=O) groups is 1. The molecular weight excluding hydrogens is 340 g/mol. The molecule has 1 saturated carbocycles. The van der Waals surface area contributed by atoms with Crippen molar-refractivity contribution in [3.63, 3.8) is 0 Å². The van der Waals surface area contributed by atoms with Crippen LogP contribution in [0.5, 0.6) is 0 Å². The number of nitrogens with zero attached hydrogens (tertiary/aromatic N) is 2. The molecule has 25 heavy (non-hydrogen) atoms. The highest BCUT2D eigenvalue weighted by atomic mass is 28.3. The number of halogens is 2. The summed E-state index contributed by atoms with van der Waals surface area (Å²) in [7, 11) is 0.285. The molecule has 0 aliphatic heterocycles. The summed E-state index contributed by atoms with van der Waals surface area (Å²) in [6.07, 6.45) is -0.309. The van der Waals surface area contributed by atoms with Crippen molar-refractivity contribution >= 4 is 19.7 Å². The van der Waals surface area contributed by atoms with E-state index in [0.717, 1.165) is 12.0 Å². The second kappa shape index (κ2) is 6.37. The lowest BCUT2D eigenvalue weighted by molar-refractivity contribution is 0.101. The number of hydrogen-bond donors (Lipinski definition) is 1. The zero-order chi connectivity index (χ0) is 18.4. The largest absolute Gasteiger partial charge is 0.322 e. The lowest BCUT2D eigenvalue weighted by Gasteiger charge is -2.17. The number of hydrogen-bond acceptors (Lipinski definition) is 2. The summed E-state index contributed by atoms with van der Waals surface area (Å²) in [6.45, 7) is 7.05. The number of benzene rings is 1. The van der Waals surface area contributed by atoms with Crippen LogP contribution in [0.3, 0.4) is 0 Å². The minimum absolute atomic E-state index is 0.0788. The number of anilines is 1. The molecule has 2 atom stereocenters. The number of rotatable bonds is 5. The lowest BCUT2D eigenvalue weighted by atomic mass is 10.1. The molecule has 0 radical (unpaired) electrons. The van der Waals surface area contributed by atoms with Gasteiger partial charge in [-0.25, -0.2) is 8.78 Å². The number of carbonyl (C=O) groups excluding carboxylic acids is 1. The van der Waals surface area contributed by atoms with Gasteiger partial charge in [0.05, 0.1) is 5.56 Å². The zero-order valence-electron chi connectivity index (χ0n) is 14.9. The van der Waals surface area contributed by atoms with Crippen molar-refractivity contribution in [2.24, 2.45) is 7.05 Å². The first-order chi connectivity index (χ1) is 11.7. The standard InChI is InChI=1S/C18H23F2N3OSi/c1-23-10-13(16(22-23)17(19)20)18(24)21-14-8-6-5-7-11(14)12-9-15(12)25(2,3)4/h5-8,10,12,15,17H,9H2,1-4H3,(H,21,24)/t12-,15+/m0/s1. The van der Waals surface area contributed by atoms with Crippen molar-refractivity contribution in [2.45, 2.75) is 43.9 Å². The fourth-order valence-corrected chi connectivity index (χ4v) is 5.81. The second-order valence-corrected chi connectivity index (χ2v) is 13.2. The average Bonchev–Trinajstić information content (AvgIpc) is 3.23. The van der Waals surface area contributed by atoms with Gasteiger partial charge in [0.2, 0.25) is 0 Å². The van der Waals surface area contributed by atoms with E-state index in [4.69, 9.17) is 0 Å². The third kappa shape index (κ3) is 3.66. The van der Waals surface area contributed by atoms with Gasteiger partial charge in [0, 0.05) is 27.0 Å². The van der Waals surface area contributed by atoms with Crippen molar-refractivity contribution in [1.82, 2.24) is 9.78 Å². The van der Waals surface area contributed by atoms with Gasteiger partial charge in [-0.15, -0.1) is 0 Å². The molecule has 0 unspecified atom stereocenters. The van der Waals surface area contributed by atoms with E-state index < -0.39 is 26.1 Å². The Labute approximate surface area is 147 Å². The Bertz CT molecular complexity index is 798. The van der Waals surface area contributed by atoms with Crippen molar-refractivity contribution in [3.05, 3.63) is 47.3 Å². The normalized spacial score (nSPS) is 20.0. The summed E-state index contributed by atoms with van der Waals surface area (Å²) < 4.78 is 27.4. The molecule has 1 heterocycles. The Balaban J connectivity index is 1.84. The van der Waals surface area contributed by atoms with Gasteiger partial charge in [-0.3, -0.25) is 9.48 Å². The van der Waals surface area contributed by atoms with E-state index >= 15 is 0 Å². The molecule has 0 spiro atoms. The topological polar surface area (TPSA) is 46.9 Å². The maximum Gasteiger partial charge on any atom is 0.282 e. The van der Waals surface area contributed by atoms with Crippen LogP contribution in [0.25, 0.3) is 0 Å². The predicted octanol–water partition coefficient (Wildman–Crippen LogP) is 4.81. The van der Waals surface area contributed by atoms with E-state index in [9.17, 15) is 13.6 Å². The number of aromatic nitrogens is 2. The molecule has 1 aliphatic rings. The van der Waals surface area contributed by atoms with Crippen molar-refractivity contribution in [3.8, 4) is 0 Å². The molecule has 4 nitrogen and oxygen atoms in total. The molecule has 1 amide bonds. The molecule has 7 heteroatoms. The van der Waals surface area contributed by atoms with E-state index in [2.05, 4.69) is 30.1 Å². The van der Waals surface area contributed by atoms with Crippen LogP contribution in [0.2, 0.25) is 25.2 Å². The van der Waals surface area contributed by atoms with Crippen LogP contribution in [0.15, 0.2) is 30.5 Å². The summed E-state index contributed by atoms with van der Waals surface area (Å²) in [5.74, 6) is -0.0901. The Hall–Kier alpha value is -2.02. The third-order valence-electron chi connectivity index (χ3n) is 4.82. The van der Waals surface area contributed by atoms with Crippen LogP contribution in [0, 0.1) is 0 Å². The number of alkyl halides is 2. The molecule has 0 bridgehead atoms. The highest BCUT2D eigenvalue weighted by Crippen LogP contribution is 2.59. The number of amides is 1. The summed E-state index contributed by atoms with van der Waals surface area (Å²) in [4.78, 5) is 12.5. The maximum atomic E-state index is 13.1. The Morgan fingerprint density at radius 3 is 2.60 bits per heavy atom. The van der Waals surface area contributed by atoms with Crippen molar-refractivity contribution in [2.75, 3.05) is 5.32 Å². The summed E-state index contributed by atoms with van der Waals surface area (Å²) in [5.41, 5.74) is 1.95. The van der Waals surface area contributed by atoms with Gasteiger partial charge in [-0.2, -0.15) is 5.10 Å². The van der Waals surface area contributed by atoms with E-state index in [1.165, 1.54) is 17.9 Å². The van der Waals surface area contributed by atoms with E-state index in [-0.39, 0.29) is 5.56 Å². The predicted molar refractivity (Wildman–Crippen MR) is 97.0 cm³/mol. The fourth-order valence-electron chi connectivity index (χ4n) is 3.46. The molecule has 1 aromatic heterocycles. The lowest BCUT2D eigenvalue weighted by Crippen LogP contribution is -2.20.